The molecule has 1 saturated heterocycles. The number of rotatable bonds is 1. The highest BCUT2D eigenvalue weighted by Crippen LogP contribution is 2.37. The predicted octanol–water partition coefficient (Wildman–Crippen LogP) is 1.94. The highest BCUT2D eigenvalue weighted by molar-refractivity contribution is 5.94. The first kappa shape index (κ1) is 12.6. The van der Waals surface area contributed by atoms with Gasteiger partial charge in [-0.2, -0.15) is 0 Å². The maximum absolute atomic E-state index is 13.8. The van der Waals surface area contributed by atoms with E-state index in [-0.39, 0.29) is 17.5 Å². The molecule has 19 heavy (non-hydrogen) atoms. The number of fused-ring (bicyclic) bond motifs is 1. The molecule has 1 amide bonds. The summed E-state index contributed by atoms with van der Waals surface area (Å²) < 4.78 is 13.8. The first-order chi connectivity index (χ1) is 9.06. The number of halogens is 1. The molecule has 1 heterocycles. The number of aryl methyl sites for hydroxylation is 1. The van der Waals surface area contributed by atoms with E-state index in [2.05, 4.69) is 0 Å². The summed E-state index contributed by atoms with van der Waals surface area (Å²) in [5.74, 6) is 0.281. The maximum atomic E-state index is 13.8. The summed E-state index contributed by atoms with van der Waals surface area (Å²) in [4.78, 5) is 14.2. The van der Waals surface area contributed by atoms with Crippen molar-refractivity contribution in [1.82, 2.24) is 4.90 Å². The molecule has 3 atom stereocenters. The summed E-state index contributed by atoms with van der Waals surface area (Å²) in [6.45, 7) is 3.27. The molecule has 102 valence electrons. The van der Waals surface area contributed by atoms with Gasteiger partial charge in [0.2, 0.25) is 0 Å². The molecule has 1 aromatic rings. The third kappa shape index (κ3) is 2.14. The van der Waals surface area contributed by atoms with Gasteiger partial charge in [0, 0.05) is 19.1 Å². The summed E-state index contributed by atoms with van der Waals surface area (Å²) in [5.41, 5.74) is 7.15. The van der Waals surface area contributed by atoms with Crippen LogP contribution in [0, 0.1) is 24.6 Å². The fourth-order valence-corrected chi connectivity index (χ4v) is 3.45. The summed E-state index contributed by atoms with van der Waals surface area (Å²) in [5, 5.41) is 0. The highest BCUT2D eigenvalue weighted by Gasteiger charge is 2.42. The Labute approximate surface area is 112 Å². The quantitative estimate of drug-likeness (QED) is 0.840. The molecule has 3 nitrogen and oxygen atoms in total. The number of likely N-dealkylation sites (tertiary alicyclic amines) is 1. The Balaban J connectivity index is 1.80. The van der Waals surface area contributed by atoms with Gasteiger partial charge in [-0.1, -0.05) is 11.6 Å². The standard InChI is InChI=1S/C15H19FN2O/c1-9-2-4-13(16)11(6-9)15(19)18-7-10-3-5-14(17)12(10)8-18/h2,4,6,10,12,14H,3,5,7-8,17H2,1H3. The second-order valence-electron chi connectivity index (χ2n) is 5.86. The lowest BCUT2D eigenvalue weighted by molar-refractivity contribution is 0.0775. The van der Waals surface area contributed by atoms with Gasteiger partial charge in [-0.05, 0) is 43.7 Å². The number of carbonyl (C=O) groups excluding carboxylic acids is 1. The van der Waals surface area contributed by atoms with Gasteiger partial charge in [0.1, 0.15) is 5.82 Å². The van der Waals surface area contributed by atoms with Crippen LogP contribution in [0.5, 0.6) is 0 Å². The second-order valence-corrected chi connectivity index (χ2v) is 5.86. The minimum absolute atomic E-state index is 0.188. The molecule has 3 rings (SSSR count). The molecule has 2 fully saturated rings. The molecule has 1 aromatic carbocycles. The zero-order valence-corrected chi connectivity index (χ0v) is 11.1. The van der Waals surface area contributed by atoms with Gasteiger partial charge in [-0.15, -0.1) is 0 Å². The molecule has 0 radical (unpaired) electrons. The van der Waals surface area contributed by atoms with Crippen molar-refractivity contribution in [2.75, 3.05) is 13.1 Å². The molecule has 0 spiro atoms. The van der Waals surface area contributed by atoms with Crippen LogP contribution in [0.2, 0.25) is 0 Å². The van der Waals surface area contributed by atoms with E-state index < -0.39 is 5.82 Å². The SMILES string of the molecule is Cc1ccc(F)c(C(=O)N2CC3CCC(N)C3C2)c1. The van der Waals surface area contributed by atoms with E-state index in [1.807, 2.05) is 6.92 Å². The van der Waals surface area contributed by atoms with Crippen LogP contribution in [0.25, 0.3) is 0 Å². The minimum atomic E-state index is -0.433. The van der Waals surface area contributed by atoms with Crippen molar-refractivity contribution in [3.8, 4) is 0 Å². The summed E-state index contributed by atoms with van der Waals surface area (Å²) in [6.07, 6.45) is 2.14. The van der Waals surface area contributed by atoms with Crippen molar-refractivity contribution < 1.29 is 9.18 Å². The fraction of sp³-hybridized carbons (Fsp3) is 0.533. The van der Waals surface area contributed by atoms with Crippen LogP contribution in [0.3, 0.4) is 0 Å². The largest absolute Gasteiger partial charge is 0.338 e. The van der Waals surface area contributed by atoms with Crippen molar-refractivity contribution >= 4 is 5.91 Å². The topological polar surface area (TPSA) is 46.3 Å². The lowest BCUT2D eigenvalue weighted by Gasteiger charge is -2.19. The molecular weight excluding hydrogens is 243 g/mol. The van der Waals surface area contributed by atoms with Gasteiger partial charge in [0.15, 0.2) is 0 Å². The molecule has 1 saturated carbocycles. The van der Waals surface area contributed by atoms with Crippen molar-refractivity contribution in [2.45, 2.75) is 25.8 Å². The molecule has 1 aliphatic carbocycles. The van der Waals surface area contributed by atoms with E-state index in [9.17, 15) is 9.18 Å². The van der Waals surface area contributed by atoms with Crippen LogP contribution < -0.4 is 5.73 Å². The number of nitrogens with two attached hydrogens (primary N) is 1. The second kappa shape index (κ2) is 4.60. The van der Waals surface area contributed by atoms with E-state index >= 15 is 0 Å². The Hall–Kier alpha value is -1.42. The van der Waals surface area contributed by atoms with Crippen LogP contribution in [0.1, 0.15) is 28.8 Å². The smallest absolute Gasteiger partial charge is 0.256 e. The first-order valence-corrected chi connectivity index (χ1v) is 6.87. The van der Waals surface area contributed by atoms with Crippen LogP contribution in [-0.4, -0.2) is 29.9 Å². The molecular formula is C15H19FN2O. The van der Waals surface area contributed by atoms with Crippen molar-refractivity contribution in [3.05, 3.63) is 35.1 Å². The normalized spacial score (nSPS) is 29.6. The Morgan fingerprint density at radius 2 is 2.16 bits per heavy atom. The van der Waals surface area contributed by atoms with Gasteiger partial charge in [-0.3, -0.25) is 4.79 Å². The number of nitrogens with zero attached hydrogens (tertiary/aromatic N) is 1. The number of benzene rings is 1. The molecule has 0 aromatic heterocycles. The number of hydrogen-bond donors (Lipinski definition) is 1. The Kier molecular flexibility index (Phi) is 3.05. The molecule has 2 aliphatic rings. The van der Waals surface area contributed by atoms with Gasteiger partial charge in [-0.25, -0.2) is 4.39 Å². The number of carbonyl (C=O) groups is 1. The van der Waals surface area contributed by atoms with Crippen LogP contribution in [0.4, 0.5) is 4.39 Å². The third-order valence-electron chi connectivity index (χ3n) is 4.55. The van der Waals surface area contributed by atoms with Crippen LogP contribution >= 0.6 is 0 Å². The van der Waals surface area contributed by atoms with Crippen molar-refractivity contribution in [1.29, 1.82) is 0 Å². The van der Waals surface area contributed by atoms with Gasteiger partial charge in [0.25, 0.3) is 5.91 Å². The lowest BCUT2D eigenvalue weighted by atomic mass is 9.98. The maximum Gasteiger partial charge on any atom is 0.256 e. The molecule has 3 unspecified atom stereocenters. The molecule has 4 heteroatoms. The summed E-state index contributed by atoms with van der Waals surface area (Å²) in [7, 11) is 0. The van der Waals surface area contributed by atoms with Gasteiger partial charge in [0.05, 0.1) is 5.56 Å². The zero-order valence-electron chi connectivity index (χ0n) is 11.1. The van der Waals surface area contributed by atoms with Crippen molar-refractivity contribution in [3.63, 3.8) is 0 Å². The first-order valence-electron chi connectivity index (χ1n) is 6.87. The van der Waals surface area contributed by atoms with E-state index in [1.165, 1.54) is 6.07 Å². The average Bonchev–Trinajstić information content (AvgIpc) is 2.94. The molecule has 0 bridgehead atoms. The van der Waals surface area contributed by atoms with Crippen LogP contribution in [0.15, 0.2) is 18.2 Å². The number of amides is 1. The number of hydrogen-bond acceptors (Lipinski definition) is 2. The third-order valence-corrected chi connectivity index (χ3v) is 4.55. The Morgan fingerprint density at radius 3 is 2.89 bits per heavy atom. The van der Waals surface area contributed by atoms with Crippen molar-refractivity contribution in [2.24, 2.45) is 17.6 Å². The van der Waals surface area contributed by atoms with E-state index in [1.54, 1.807) is 17.0 Å². The zero-order chi connectivity index (χ0) is 13.6. The molecule has 2 N–H and O–H groups in total. The highest BCUT2D eigenvalue weighted by atomic mass is 19.1. The minimum Gasteiger partial charge on any atom is -0.338 e. The Bertz CT molecular complexity index is 517. The van der Waals surface area contributed by atoms with E-state index in [4.69, 9.17) is 5.73 Å². The fourth-order valence-electron chi connectivity index (χ4n) is 3.45. The van der Waals surface area contributed by atoms with E-state index in [0.29, 0.717) is 18.4 Å². The van der Waals surface area contributed by atoms with Gasteiger partial charge >= 0.3 is 0 Å². The monoisotopic (exact) mass is 262 g/mol. The predicted molar refractivity (Wildman–Crippen MR) is 71.2 cm³/mol. The van der Waals surface area contributed by atoms with E-state index in [0.717, 1.165) is 24.9 Å². The van der Waals surface area contributed by atoms with Gasteiger partial charge < -0.3 is 10.6 Å². The summed E-state index contributed by atoms with van der Waals surface area (Å²) >= 11 is 0. The summed E-state index contributed by atoms with van der Waals surface area (Å²) in [6, 6.07) is 4.88. The Morgan fingerprint density at radius 1 is 1.37 bits per heavy atom. The average molecular weight is 262 g/mol. The molecule has 1 aliphatic heterocycles. The lowest BCUT2D eigenvalue weighted by Crippen LogP contribution is -2.33. The van der Waals surface area contributed by atoms with Crippen LogP contribution in [-0.2, 0) is 0 Å².